The first-order valence-electron chi connectivity index (χ1n) is 6.53. The maximum Gasteiger partial charge on any atom is 0.225 e. The van der Waals surface area contributed by atoms with Crippen molar-refractivity contribution < 1.29 is 4.79 Å². The second kappa shape index (κ2) is 6.82. The molecule has 0 bridgehead atoms. The number of hydrogen-bond acceptors (Lipinski definition) is 4. The highest BCUT2D eigenvalue weighted by atomic mass is 32.2. The van der Waals surface area contributed by atoms with Crippen molar-refractivity contribution in [2.24, 2.45) is 0 Å². The molecule has 19 heavy (non-hydrogen) atoms. The number of nitrogens with zero attached hydrogens (tertiary/aromatic N) is 1. The van der Waals surface area contributed by atoms with E-state index in [2.05, 4.69) is 10.6 Å². The zero-order chi connectivity index (χ0) is 13.7. The lowest BCUT2D eigenvalue weighted by molar-refractivity contribution is -0.116. The van der Waals surface area contributed by atoms with E-state index in [0.29, 0.717) is 12.5 Å². The van der Waals surface area contributed by atoms with Gasteiger partial charge in [0.25, 0.3) is 0 Å². The Morgan fingerprint density at radius 2 is 2.16 bits per heavy atom. The van der Waals surface area contributed by atoms with E-state index in [9.17, 15) is 4.79 Å². The van der Waals surface area contributed by atoms with Crippen LogP contribution < -0.4 is 15.5 Å². The summed E-state index contributed by atoms with van der Waals surface area (Å²) in [6, 6.07) is 8.20. The molecule has 0 saturated carbocycles. The lowest BCUT2D eigenvalue weighted by Crippen LogP contribution is -2.39. The van der Waals surface area contributed by atoms with Gasteiger partial charge in [0.2, 0.25) is 5.91 Å². The maximum absolute atomic E-state index is 11.9. The van der Waals surface area contributed by atoms with Gasteiger partial charge in [0.15, 0.2) is 0 Å². The zero-order valence-electron chi connectivity index (χ0n) is 11.5. The monoisotopic (exact) mass is 279 g/mol. The largest absolute Gasteiger partial charge is 0.378 e. The lowest BCUT2D eigenvalue weighted by Gasteiger charge is -2.22. The van der Waals surface area contributed by atoms with Crippen molar-refractivity contribution in [1.82, 2.24) is 5.32 Å². The van der Waals surface area contributed by atoms with Gasteiger partial charge in [0, 0.05) is 56.0 Å². The van der Waals surface area contributed by atoms with Crippen LogP contribution in [0.5, 0.6) is 0 Å². The van der Waals surface area contributed by atoms with E-state index in [-0.39, 0.29) is 5.91 Å². The first-order valence-corrected chi connectivity index (χ1v) is 7.69. The fourth-order valence-electron chi connectivity index (χ4n) is 2.03. The van der Waals surface area contributed by atoms with Gasteiger partial charge in [-0.15, -0.1) is 0 Å². The molecule has 1 atom stereocenters. The average Bonchev–Trinajstić information content (AvgIpc) is 2.40. The Morgan fingerprint density at radius 3 is 2.74 bits per heavy atom. The van der Waals surface area contributed by atoms with E-state index in [4.69, 9.17) is 0 Å². The third-order valence-electron chi connectivity index (χ3n) is 3.10. The van der Waals surface area contributed by atoms with Gasteiger partial charge in [0.1, 0.15) is 0 Å². The van der Waals surface area contributed by atoms with Crippen LogP contribution in [-0.2, 0) is 4.79 Å². The second-order valence-electron chi connectivity index (χ2n) is 4.92. The summed E-state index contributed by atoms with van der Waals surface area (Å²) in [5.74, 6) is 2.24. The van der Waals surface area contributed by atoms with E-state index < -0.39 is 0 Å². The average molecular weight is 279 g/mol. The summed E-state index contributed by atoms with van der Waals surface area (Å²) >= 11 is 1.91. The first kappa shape index (κ1) is 14.2. The van der Waals surface area contributed by atoms with Crippen molar-refractivity contribution in [1.29, 1.82) is 0 Å². The molecule has 1 fully saturated rings. The van der Waals surface area contributed by atoms with Gasteiger partial charge in [-0.25, -0.2) is 0 Å². The van der Waals surface area contributed by atoms with E-state index in [0.717, 1.165) is 29.4 Å². The molecule has 1 aromatic carbocycles. The third kappa shape index (κ3) is 4.44. The number of anilines is 2. The number of carbonyl (C=O) groups is 1. The molecule has 1 aliphatic rings. The van der Waals surface area contributed by atoms with Crippen molar-refractivity contribution in [3.8, 4) is 0 Å². The van der Waals surface area contributed by atoms with Crippen molar-refractivity contribution in [3.05, 3.63) is 24.3 Å². The molecule has 0 aliphatic carbocycles. The Labute approximate surface area is 118 Å². The maximum atomic E-state index is 11.9. The zero-order valence-corrected chi connectivity index (χ0v) is 12.3. The summed E-state index contributed by atoms with van der Waals surface area (Å²) in [6.07, 6.45) is 0.544. The van der Waals surface area contributed by atoms with Crippen molar-refractivity contribution in [2.75, 3.05) is 42.4 Å². The van der Waals surface area contributed by atoms with Crippen molar-refractivity contribution >= 4 is 29.0 Å². The van der Waals surface area contributed by atoms with Gasteiger partial charge in [0.05, 0.1) is 0 Å². The highest BCUT2D eigenvalue weighted by Gasteiger charge is 2.16. The fraction of sp³-hybridized carbons (Fsp3) is 0.500. The summed E-state index contributed by atoms with van der Waals surface area (Å²) in [5, 5.41) is 6.32. The smallest absolute Gasteiger partial charge is 0.225 e. The fourth-order valence-corrected chi connectivity index (χ4v) is 2.98. The Balaban J connectivity index is 1.84. The van der Waals surface area contributed by atoms with Crippen molar-refractivity contribution in [3.63, 3.8) is 0 Å². The molecule has 1 aliphatic heterocycles. The standard InChI is InChI=1S/C14H21N3OS/c1-17(2)13-5-3-11(4-6-13)16-14(18)9-12-10-19-8-7-15-12/h3-6,12,15H,7-10H2,1-2H3,(H,16,18). The summed E-state index contributed by atoms with van der Waals surface area (Å²) in [5.41, 5.74) is 1.99. The molecule has 5 heteroatoms. The molecular weight excluding hydrogens is 258 g/mol. The molecule has 0 radical (unpaired) electrons. The molecular formula is C14H21N3OS. The minimum absolute atomic E-state index is 0.0811. The van der Waals surface area contributed by atoms with Gasteiger partial charge < -0.3 is 15.5 Å². The molecule has 1 heterocycles. The van der Waals surface area contributed by atoms with Crippen LogP contribution >= 0.6 is 11.8 Å². The molecule has 1 saturated heterocycles. The molecule has 1 amide bonds. The summed E-state index contributed by atoms with van der Waals surface area (Å²) in [7, 11) is 4.00. The third-order valence-corrected chi connectivity index (χ3v) is 4.23. The van der Waals surface area contributed by atoms with Gasteiger partial charge in [-0.1, -0.05) is 0 Å². The number of thioether (sulfide) groups is 1. The molecule has 1 unspecified atom stereocenters. The predicted octanol–water partition coefficient (Wildman–Crippen LogP) is 1.79. The number of benzene rings is 1. The Bertz CT molecular complexity index is 413. The molecule has 2 N–H and O–H groups in total. The van der Waals surface area contributed by atoms with Crippen LogP contribution in [0.3, 0.4) is 0 Å². The topological polar surface area (TPSA) is 44.4 Å². The van der Waals surface area contributed by atoms with E-state index >= 15 is 0 Å². The molecule has 0 spiro atoms. The number of rotatable bonds is 4. The van der Waals surface area contributed by atoms with Crippen LogP contribution in [0.2, 0.25) is 0 Å². The minimum Gasteiger partial charge on any atom is -0.378 e. The van der Waals surface area contributed by atoms with Crippen LogP contribution in [-0.4, -0.2) is 44.1 Å². The van der Waals surface area contributed by atoms with E-state index in [1.54, 1.807) is 0 Å². The van der Waals surface area contributed by atoms with Gasteiger partial charge in [-0.2, -0.15) is 11.8 Å². The molecule has 1 aromatic rings. The number of carbonyl (C=O) groups excluding carboxylic acids is 1. The first-order chi connectivity index (χ1) is 9.15. The van der Waals surface area contributed by atoms with Gasteiger partial charge in [-0.3, -0.25) is 4.79 Å². The minimum atomic E-state index is 0.0811. The summed E-state index contributed by atoms with van der Waals surface area (Å²) in [4.78, 5) is 14.0. The highest BCUT2D eigenvalue weighted by molar-refractivity contribution is 7.99. The van der Waals surface area contributed by atoms with E-state index in [1.165, 1.54) is 0 Å². The highest BCUT2D eigenvalue weighted by Crippen LogP contribution is 2.16. The van der Waals surface area contributed by atoms with Crippen LogP contribution in [0.15, 0.2) is 24.3 Å². The van der Waals surface area contributed by atoms with Gasteiger partial charge >= 0.3 is 0 Å². The quantitative estimate of drug-likeness (QED) is 0.882. The van der Waals surface area contributed by atoms with Crippen molar-refractivity contribution in [2.45, 2.75) is 12.5 Å². The number of amides is 1. The number of nitrogens with one attached hydrogen (secondary N) is 2. The molecule has 4 nitrogen and oxygen atoms in total. The lowest BCUT2D eigenvalue weighted by atomic mass is 10.2. The normalized spacial score (nSPS) is 18.9. The Morgan fingerprint density at radius 1 is 1.42 bits per heavy atom. The van der Waals surface area contributed by atoms with Crippen LogP contribution in [0, 0.1) is 0 Å². The van der Waals surface area contributed by atoms with Gasteiger partial charge in [-0.05, 0) is 24.3 Å². The summed E-state index contributed by atoms with van der Waals surface area (Å²) in [6.45, 7) is 1.00. The molecule has 104 valence electrons. The molecule has 2 rings (SSSR count). The van der Waals surface area contributed by atoms with Crippen LogP contribution in [0.4, 0.5) is 11.4 Å². The Kier molecular flexibility index (Phi) is 5.10. The van der Waals surface area contributed by atoms with E-state index in [1.807, 2.05) is 55.0 Å². The Hall–Kier alpha value is -1.20. The van der Waals surface area contributed by atoms with Crippen LogP contribution in [0.25, 0.3) is 0 Å². The second-order valence-corrected chi connectivity index (χ2v) is 6.07. The summed E-state index contributed by atoms with van der Waals surface area (Å²) < 4.78 is 0. The predicted molar refractivity (Wildman–Crippen MR) is 83.1 cm³/mol. The SMILES string of the molecule is CN(C)c1ccc(NC(=O)CC2CSCCN2)cc1. The number of hydrogen-bond donors (Lipinski definition) is 2. The van der Waals surface area contributed by atoms with Crippen LogP contribution in [0.1, 0.15) is 6.42 Å². The molecule has 0 aromatic heterocycles.